The van der Waals surface area contributed by atoms with Crippen LogP contribution < -0.4 is 9.80 Å². The van der Waals surface area contributed by atoms with E-state index in [1.165, 1.54) is 87.9 Å². The van der Waals surface area contributed by atoms with Crippen LogP contribution in [0, 0.1) is 5.41 Å². The fraction of sp³-hybridized carbons (Fsp3) is 0.724. The molecule has 2 aliphatic carbocycles. The van der Waals surface area contributed by atoms with Gasteiger partial charge in [-0.25, -0.2) is 0 Å². The van der Waals surface area contributed by atoms with Crippen molar-refractivity contribution in [2.24, 2.45) is 5.41 Å². The van der Waals surface area contributed by atoms with Crippen LogP contribution in [0.3, 0.4) is 0 Å². The predicted molar refractivity (Wildman–Crippen MR) is 140 cm³/mol. The van der Waals surface area contributed by atoms with E-state index >= 15 is 0 Å². The van der Waals surface area contributed by atoms with Crippen LogP contribution in [0.1, 0.15) is 76.7 Å². The van der Waals surface area contributed by atoms with Gasteiger partial charge in [-0.15, -0.1) is 0 Å². The van der Waals surface area contributed by atoms with E-state index in [0.29, 0.717) is 11.5 Å². The van der Waals surface area contributed by atoms with E-state index in [4.69, 9.17) is 4.74 Å². The van der Waals surface area contributed by atoms with Gasteiger partial charge in [-0.05, 0) is 87.1 Å². The second-order valence-corrected chi connectivity index (χ2v) is 11.1. The standard InChI is InChI=1S/C29H45N3O/c1-3-4-5-16-30-19-21-32(22-20-30)28-7-6-25(31-17-10-26(33-2)11-18-31)23-27(28)24-8-12-29(13-9-24)14-15-29/h6-8,23,26H,3-5,9-22H2,1-2H3. The van der Waals surface area contributed by atoms with Gasteiger partial charge < -0.3 is 14.5 Å². The van der Waals surface area contributed by atoms with Crippen molar-refractivity contribution in [1.82, 2.24) is 4.90 Å². The first-order chi connectivity index (χ1) is 16.2. The third kappa shape index (κ3) is 5.43. The number of rotatable bonds is 8. The second-order valence-electron chi connectivity index (χ2n) is 11.1. The first-order valence-electron chi connectivity index (χ1n) is 13.8. The Morgan fingerprint density at radius 1 is 0.939 bits per heavy atom. The third-order valence-corrected chi connectivity index (χ3v) is 8.92. The first-order valence-corrected chi connectivity index (χ1v) is 13.8. The average Bonchev–Trinajstić information content (AvgIpc) is 3.63. The van der Waals surface area contributed by atoms with E-state index in [1.807, 2.05) is 7.11 Å². The van der Waals surface area contributed by atoms with Crippen LogP contribution in [0.15, 0.2) is 24.3 Å². The zero-order valence-corrected chi connectivity index (χ0v) is 21.2. The topological polar surface area (TPSA) is 19.0 Å². The molecule has 2 aliphatic heterocycles. The molecule has 0 atom stereocenters. The van der Waals surface area contributed by atoms with Crippen molar-refractivity contribution in [2.45, 2.75) is 77.2 Å². The lowest BCUT2D eigenvalue weighted by Crippen LogP contribution is -2.47. The fourth-order valence-electron chi connectivity index (χ4n) is 6.22. The lowest BCUT2D eigenvalue weighted by atomic mass is 9.83. The molecule has 1 aromatic rings. The summed E-state index contributed by atoms with van der Waals surface area (Å²) in [5.41, 5.74) is 6.72. The smallest absolute Gasteiger partial charge is 0.0605 e. The van der Waals surface area contributed by atoms with E-state index in [9.17, 15) is 0 Å². The van der Waals surface area contributed by atoms with Crippen molar-refractivity contribution in [3.63, 3.8) is 0 Å². The normalized spacial score (nSPS) is 23.8. The zero-order chi connectivity index (χ0) is 22.7. The Hall–Kier alpha value is -1.52. The Kier molecular flexibility index (Phi) is 7.32. The number of nitrogens with zero attached hydrogens (tertiary/aromatic N) is 3. The minimum atomic E-state index is 0.435. The molecule has 2 heterocycles. The summed E-state index contributed by atoms with van der Waals surface area (Å²) in [6.45, 7) is 10.5. The van der Waals surface area contributed by atoms with Gasteiger partial charge in [-0.1, -0.05) is 25.8 Å². The van der Waals surface area contributed by atoms with Gasteiger partial charge in [0.15, 0.2) is 0 Å². The molecule has 1 saturated carbocycles. The van der Waals surface area contributed by atoms with Crippen molar-refractivity contribution in [1.29, 1.82) is 0 Å². The predicted octanol–water partition coefficient (Wildman–Crippen LogP) is 5.96. The summed E-state index contributed by atoms with van der Waals surface area (Å²) in [6, 6.07) is 7.38. The molecule has 1 spiro atoms. The highest BCUT2D eigenvalue weighted by Gasteiger charge is 2.43. The van der Waals surface area contributed by atoms with Crippen LogP contribution in [0.5, 0.6) is 0 Å². The van der Waals surface area contributed by atoms with E-state index in [2.05, 4.69) is 45.9 Å². The minimum absolute atomic E-state index is 0.435. The number of ether oxygens (including phenoxy) is 1. The molecule has 0 amide bonds. The van der Waals surface area contributed by atoms with Gasteiger partial charge in [0, 0.05) is 63.3 Å². The second kappa shape index (κ2) is 10.4. The molecule has 4 aliphatic rings. The molecule has 5 rings (SSSR count). The minimum Gasteiger partial charge on any atom is -0.381 e. The van der Waals surface area contributed by atoms with E-state index < -0.39 is 0 Å². The van der Waals surface area contributed by atoms with Gasteiger partial charge in [-0.2, -0.15) is 0 Å². The van der Waals surface area contributed by atoms with Gasteiger partial charge in [0.05, 0.1) is 6.10 Å². The molecule has 0 unspecified atom stereocenters. The van der Waals surface area contributed by atoms with Crippen molar-refractivity contribution >= 4 is 16.9 Å². The molecule has 2 saturated heterocycles. The van der Waals surface area contributed by atoms with Gasteiger partial charge in [0.1, 0.15) is 0 Å². The number of anilines is 2. The molecular weight excluding hydrogens is 406 g/mol. The molecule has 0 aromatic heterocycles. The van der Waals surface area contributed by atoms with E-state index in [1.54, 1.807) is 5.57 Å². The molecule has 0 radical (unpaired) electrons. The number of benzene rings is 1. The van der Waals surface area contributed by atoms with Gasteiger partial charge in [-0.3, -0.25) is 4.90 Å². The number of piperazine rings is 1. The van der Waals surface area contributed by atoms with Crippen LogP contribution >= 0.6 is 0 Å². The summed E-state index contributed by atoms with van der Waals surface area (Å²) in [5, 5.41) is 0. The van der Waals surface area contributed by atoms with Crippen LogP contribution in [-0.4, -0.2) is 63.9 Å². The Morgan fingerprint density at radius 3 is 2.36 bits per heavy atom. The van der Waals surface area contributed by atoms with E-state index in [0.717, 1.165) is 39.0 Å². The summed E-state index contributed by atoms with van der Waals surface area (Å²) < 4.78 is 5.61. The number of hydrogen-bond donors (Lipinski definition) is 0. The fourth-order valence-corrected chi connectivity index (χ4v) is 6.22. The SMILES string of the molecule is CCCCCN1CCN(c2ccc(N3CCC(OC)CC3)cc2C2=CCC3(CC2)CC3)CC1. The molecule has 1 aromatic carbocycles. The maximum Gasteiger partial charge on any atom is 0.0605 e. The molecule has 3 fully saturated rings. The number of allylic oxidation sites excluding steroid dienone is 2. The number of hydrogen-bond acceptors (Lipinski definition) is 4. The average molecular weight is 452 g/mol. The first kappa shape index (κ1) is 23.2. The lowest BCUT2D eigenvalue weighted by Gasteiger charge is -2.38. The van der Waals surface area contributed by atoms with Crippen LogP contribution in [0.25, 0.3) is 5.57 Å². The quantitative estimate of drug-likeness (QED) is 0.454. The highest BCUT2D eigenvalue weighted by Crippen LogP contribution is 2.57. The molecule has 182 valence electrons. The van der Waals surface area contributed by atoms with Crippen molar-refractivity contribution in [3.8, 4) is 0 Å². The molecule has 4 nitrogen and oxygen atoms in total. The molecule has 4 heteroatoms. The van der Waals surface area contributed by atoms with Gasteiger partial charge in [0.2, 0.25) is 0 Å². The van der Waals surface area contributed by atoms with Gasteiger partial charge >= 0.3 is 0 Å². The Morgan fingerprint density at radius 2 is 1.73 bits per heavy atom. The summed E-state index contributed by atoms with van der Waals surface area (Å²) >= 11 is 0. The van der Waals surface area contributed by atoms with Gasteiger partial charge in [0.25, 0.3) is 0 Å². The van der Waals surface area contributed by atoms with Crippen molar-refractivity contribution < 1.29 is 4.74 Å². The van der Waals surface area contributed by atoms with Crippen LogP contribution in [-0.2, 0) is 4.74 Å². The Balaban J connectivity index is 1.33. The highest BCUT2D eigenvalue weighted by molar-refractivity contribution is 5.80. The zero-order valence-electron chi connectivity index (χ0n) is 21.2. The molecule has 0 N–H and O–H groups in total. The maximum atomic E-state index is 5.61. The van der Waals surface area contributed by atoms with Crippen molar-refractivity contribution in [2.75, 3.05) is 62.7 Å². The summed E-state index contributed by atoms with van der Waals surface area (Å²) in [4.78, 5) is 7.94. The summed E-state index contributed by atoms with van der Waals surface area (Å²) in [6.07, 6.45) is 16.2. The number of piperidine rings is 1. The third-order valence-electron chi connectivity index (χ3n) is 8.92. The highest BCUT2D eigenvalue weighted by atomic mass is 16.5. The molecule has 33 heavy (non-hydrogen) atoms. The summed E-state index contributed by atoms with van der Waals surface area (Å²) in [5.74, 6) is 0. The number of methoxy groups -OCH3 is 1. The Bertz CT molecular complexity index is 814. The molecular formula is C29H45N3O. The van der Waals surface area contributed by atoms with E-state index in [-0.39, 0.29) is 0 Å². The van der Waals surface area contributed by atoms with Crippen LogP contribution in [0.4, 0.5) is 11.4 Å². The largest absolute Gasteiger partial charge is 0.381 e. The van der Waals surface area contributed by atoms with Crippen molar-refractivity contribution in [3.05, 3.63) is 29.8 Å². The summed E-state index contributed by atoms with van der Waals surface area (Å²) in [7, 11) is 1.86. The molecule has 0 bridgehead atoms. The van der Waals surface area contributed by atoms with Crippen LogP contribution in [0.2, 0.25) is 0 Å². The monoisotopic (exact) mass is 451 g/mol. The Labute approximate surface area is 202 Å². The lowest BCUT2D eigenvalue weighted by molar-refractivity contribution is 0.0819. The number of unbranched alkanes of at least 4 members (excludes halogenated alkanes) is 2. The maximum absolute atomic E-state index is 5.61.